The second kappa shape index (κ2) is 7.12. The van der Waals surface area contributed by atoms with E-state index in [2.05, 4.69) is 21.2 Å². The van der Waals surface area contributed by atoms with Gasteiger partial charge in [0.15, 0.2) is 0 Å². The van der Waals surface area contributed by atoms with Gasteiger partial charge in [0.1, 0.15) is 5.82 Å². The van der Waals surface area contributed by atoms with Crippen LogP contribution in [-0.2, 0) is 23.9 Å². The van der Waals surface area contributed by atoms with Crippen LogP contribution < -0.4 is 5.32 Å². The summed E-state index contributed by atoms with van der Waals surface area (Å²) in [5.41, 5.74) is 0.457. The molecule has 0 aliphatic carbocycles. The summed E-state index contributed by atoms with van der Waals surface area (Å²) in [5, 5.41) is 2.61. The van der Waals surface area contributed by atoms with Gasteiger partial charge in [-0.05, 0) is 51.3 Å². The maximum Gasteiger partial charge on any atom is 0.416 e. The van der Waals surface area contributed by atoms with Gasteiger partial charge in [-0.15, -0.1) is 0 Å². The normalized spacial score (nSPS) is 11.3. The van der Waals surface area contributed by atoms with E-state index >= 15 is 0 Å². The summed E-state index contributed by atoms with van der Waals surface area (Å²) in [4.78, 5) is 11.8. The van der Waals surface area contributed by atoms with Crippen LogP contribution in [0.4, 0.5) is 17.6 Å². The molecule has 2 aromatic rings. The van der Waals surface area contributed by atoms with E-state index in [-0.39, 0.29) is 23.3 Å². The van der Waals surface area contributed by atoms with Gasteiger partial charge in [-0.3, -0.25) is 4.79 Å². The molecule has 0 aliphatic rings. The van der Waals surface area contributed by atoms with Gasteiger partial charge in [0.25, 0.3) is 0 Å². The molecule has 0 unspecified atom stereocenters. The van der Waals surface area contributed by atoms with Crippen molar-refractivity contribution < 1.29 is 22.4 Å². The van der Waals surface area contributed by atoms with Crippen LogP contribution in [0.2, 0.25) is 0 Å². The number of rotatable bonds is 4. The van der Waals surface area contributed by atoms with E-state index in [0.717, 1.165) is 12.1 Å². The average molecular weight is 390 g/mol. The molecule has 2 nitrogen and oxygen atoms in total. The number of benzene rings is 2. The fourth-order valence-electron chi connectivity index (χ4n) is 1.91. The number of carbonyl (C=O) groups is 1. The molecule has 0 spiro atoms. The molecule has 2 rings (SSSR count). The molecule has 122 valence electrons. The molecule has 23 heavy (non-hydrogen) atoms. The van der Waals surface area contributed by atoms with Gasteiger partial charge < -0.3 is 5.32 Å². The van der Waals surface area contributed by atoms with E-state index in [9.17, 15) is 22.4 Å². The molecule has 0 aliphatic heterocycles. The standard InChI is InChI=1S/C16H12BrF4NO/c17-13-7-11(3-6-14(13)18)8-15(23)22-9-10-1-4-12(5-2-10)16(19,20)21/h1-7H,8-9H2,(H,22,23). The summed E-state index contributed by atoms with van der Waals surface area (Å²) < 4.78 is 50.7. The highest BCUT2D eigenvalue weighted by molar-refractivity contribution is 9.10. The minimum atomic E-state index is -4.38. The van der Waals surface area contributed by atoms with Crippen LogP contribution in [0.25, 0.3) is 0 Å². The van der Waals surface area contributed by atoms with Crippen LogP contribution in [0.3, 0.4) is 0 Å². The zero-order chi connectivity index (χ0) is 17.0. The molecule has 0 fully saturated rings. The third-order valence-corrected chi connectivity index (χ3v) is 3.73. The van der Waals surface area contributed by atoms with Crippen LogP contribution in [0.1, 0.15) is 16.7 Å². The Labute approximate surface area is 138 Å². The quantitative estimate of drug-likeness (QED) is 0.768. The first kappa shape index (κ1) is 17.5. The maximum absolute atomic E-state index is 13.1. The van der Waals surface area contributed by atoms with E-state index < -0.39 is 17.6 Å². The third kappa shape index (κ3) is 5.06. The van der Waals surface area contributed by atoms with E-state index in [1.807, 2.05) is 0 Å². The molecule has 0 radical (unpaired) electrons. The summed E-state index contributed by atoms with van der Waals surface area (Å²) in [6, 6.07) is 8.83. The number of nitrogens with one attached hydrogen (secondary N) is 1. The van der Waals surface area contributed by atoms with Crippen molar-refractivity contribution in [1.82, 2.24) is 5.32 Å². The summed E-state index contributed by atoms with van der Waals surface area (Å²) in [5.74, 6) is -0.720. The lowest BCUT2D eigenvalue weighted by molar-refractivity contribution is -0.137. The Morgan fingerprint density at radius 3 is 2.22 bits per heavy atom. The summed E-state index contributed by atoms with van der Waals surface area (Å²) >= 11 is 3.04. The first-order valence-electron chi connectivity index (χ1n) is 6.62. The SMILES string of the molecule is O=C(Cc1ccc(F)c(Br)c1)NCc1ccc(C(F)(F)F)cc1. The van der Waals surface area contributed by atoms with Gasteiger partial charge in [-0.1, -0.05) is 18.2 Å². The van der Waals surface area contributed by atoms with Gasteiger partial charge in [-0.25, -0.2) is 4.39 Å². The van der Waals surface area contributed by atoms with Crippen molar-refractivity contribution in [1.29, 1.82) is 0 Å². The topological polar surface area (TPSA) is 29.1 Å². The Kier molecular flexibility index (Phi) is 5.41. The van der Waals surface area contributed by atoms with Crippen molar-refractivity contribution in [2.75, 3.05) is 0 Å². The molecule has 0 aromatic heterocycles. The zero-order valence-electron chi connectivity index (χ0n) is 11.8. The summed E-state index contributed by atoms with van der Waals surface area (Å²) in [6.07, 6.45) is -4.32. The largest absolute Gasteiger partial charge is 0.416 e. The van der Waals surface area contributed by atoms with Gasteiger partial charge in [0.05, 0.1) is 16.5 Å². The van der Waals surface area contributed by atoms with Gasteiger partial charge in [0, 0.05) is 6.54 Å². The van der Waals surface area contributed by atoms with Crippen molar-refractivity contribution in [3.05, 3.63) is 69.4 Å². The van der Waals surface area contributed by atoms with Gasteiger partial charge >= 0.3 is 6.18 Å². The third-order valence-electron chi connectivity index (χ3n) is 3.12. The molecule has 1 N–H and O–H groups in total. The number of hydrogen-bond donors (Lipinski definition) is 1. The van der Waals surface area contributed by atoms with Gasteiger partial charge in [-0.2, -0.15) is 13.2 Å². The lowest BCUT2D eigenvalue weighted by atomic mass is 10.1. The Bertz CT molecular complexity index is 698. The van der Waals surface area contributed by atoms with Crippen LogP contribution in [0.15, 0.2) is 46.9 Å². The summed E-state index contributed by atoms with van der Waals surface area (Å²) in [7, 11) is 0. The number of halogens is 5. The highest BCUT2D eigenvalue weighted by Crippen LogP contribution is 2.29. The molecular weight excluding hydrogens is 378 g/mol. The molecule has 0 saturated carbocycles. The monoisotopic (exact) mass is 389 g/mol. The van der Waals surface area contributed by atoms with Crippen LogP contribution in [-0.4, -0.2) is 5.91 Å². The summed E-state index contributed by atoms with van der Waals surface area (Å²) in [6.45, 7) is 0.124. The lowest BCUT2D eigenvalue weighted by Crippen LogP contribution is -2.24. The molecule has 1 amide bonds. The minimum absolute atomic E-state index is 0.0551. The van der Waals surface area contributed by atoms with Crippen LogP contribution >= 0.6 is 15.9 Å². The van der Waals surface area contributed by atoms with Crippen molar-refractivity contribution in [3.63, 3.8) is 0 Å². The predicted molar refractivity (Wildman–Crippen MR) is 81.1 cm³/mol. The number of carbonyl (C=O) groups excluding carboxylic acids is 1. The first-order valence-corrected chi connectivity index (χ1v) is 7.42. The second-order valence-electron chi connectivity index (χ2n) is 4.90. The average Bonchev–Trinajstić information content (AvgIpc) is 2.48. The predicted octanol–water partition coefficient (Wildman–Crippen LogP) is 4.47. The van der Waals surface area contributed by atoms with Crippen LogP contribution in [0, 0.1) is 5.82 Å². The molecule has 7 heteroatoms. The highest BCUT2D eigenvalue weighted by Gasteiger charge is 2.29. The van der Waals surface area contributed by atoms with E-state index in [4.69, 9.17) is 0 Å². The Balaban J connectivity index is 1.90. The van der Waals surface area contributed by atoms with Crippen molar-refractivity contribution in [3.8, 4) is 0 Å². The molecule has 0 atom stereocenters. The molecule has 0 bridgehead atoms. The Morgan fingerprint density at radius 1 is 1.04 bits per heavy atom. The van der Waals surface area contributed by atoms with Crippen molar-refractivity contribution in [2.45, 2.75) is 19.1 Å². The molecule has 0 saturated heterocycles. The zero-order valence-corrected chi connectivity index (χ0v) is 13.3. The van der Waals surface area contributed by atoms with E-state index in [0.29, 0.717) is 11.1 Å². The first-order chi connectivity index (χ1) is 10.8. The van der Waals surface area contributed by atoms with Crippen molar-refractivity contribution >= 4 is 21.8 Å². The number of alkyl halides is 3. The molecule has 0 heterocycles. The fourth-order valence-corrected chi connectivity index (χ4v) is 2.34. The smallest absolute Gasteiger partial charge is 0.352 e. The minimum Gasteiger partial charge on any atom is -0.352 e. The van der Waals surface area contributed by atoms with E-state index in [1.54, 1.807) is 0 Å². The maximum atomic E-state index is 13.1. The highest BCUT2D eigenvalue weighted by atomic mass is 79.9. The Morgan fingerprint density at radius 2 is 1.65 bits per heavy atom. The van der Waals surface area contributed by atoms with E-state index in [1.165, 1.54) is 30.3 Å². The Hall–Kier alpha value is -1.89. The second-order valence-corrected chi connectivity index (χ2v) is 5.75. The molecule has 2 aromatic carbocycles. The lowest BCUT2D eigenvalue weighted by Gasteiger charge is -2.09. The number of amides is 1. The number of hydrogen-bond acceptors (Lipinski definition) is 1. The van der Waals surface area contributed by atoms with Crippen LogP contribution in [0.5, 0.6) is 0 Å². The molecular formula is C16H12BrF4NO. The van der Waals surface area contributed by atoms with Crippen molar-refractivity contribution in [2.24, 2.45) is 0 Å². The van der Waals surface area contributed by atoms with Gasteiger partial charge in [0.2, 0.25) is 5.91 Å². The fraction of sp³-hybridized carbons (Fsp3) is 0.188.